The quantitative estimate of drug-likeness (QED) is 0.565. The summed E-state index contributed by atoms with van der Waals surface area (Å²) < 4.78 is 11.0. The van der Waals surface area contributed by atoms with Crippen molar-refractivity contribution in [2.45, 2.75) is 20.0 Å². The summed E-state index contributed by atoms with van der Waals surface area (Å²) in [5.74, 6) is 0.201. The molecule has 2 aromatic carbocycles. The van der Waals surface area contributed by atoms with Crippen molar-refractivity contribution in [3.63, 3.8) is 0 Å². The number of carbonyl (C=O) groups excluding carboxylic acids is 1. The van der Waals surface area contributed by atoms with Crippen molar-refractivity contribution in [1.82, 2.24) is 5.43 Å². The number of hydrogen-bond acceptors (Lipinski definition) is 5. The predicted octanol–water partition coefficient (Wildman–Crippen LogP) is 3.34. The topological polar surface area (TPSA) is 80.9 Å². The summed E-state index contributed by atoms with van der Waals surface area (Å²) in [6.45, 7) is 3.82. The minimum atomic E-state index is -0.402. The Hall–Kier alpha value is -3.41. The number of hydrogen-bond donors (Lipinski definition) is 1. The number of nitrogens with zero attached hydrogens (tertiary/aromatic N) is 1. The van der Waals surface area contributed by atoms with Gasteiger partial charge in [-0.1, -0.05) is 18.2 Å². The Kier molecular flexibility index (Phi) is 5.12. The van der Waals surface area contributed by atoms with Crippen molar-refractivity contribution < 1.29 is 13.9 Å². The Morgan fingerprint density at radius 1 is 1.19 bits per heavy atom. The third-order valence-corrected chi connectivity index (χ3v) is 3.54. The lowest BCUT2D eigenvalue weighted by Crippen LogP contribution is -2.19. The Balaban J connectivity index is 1.74. The van der Waals surface area contributed by atoms with Gasteiger partial charge in [-0.25, -0.2) is 5.43 Å². The van der Waals surface area contributed by atoms with Crippen LogP contribution in [0.3, 0.4) is 0 Å². The minimum Gasteiger partial charge on any atom is -0.491 e. The van der Waals surface area contributed by atoms with E-state index in [1.165, 1.54) is 12.5 Å². The number of rotatable bonds is 5. The molecule has 0 fully saturated rings. The number of amides is 1. The number of ether oxygens (including phenoxy) is 1. The van der Waals surface area contributed by atoms with Gasteiger partial charge in [0.1, 0.15) is 17.6 Å². The van der Waals surface area contributed by atoms with Gasteiger partial charge in [-0.15, -0.1) is 0 Å². The Morgan fingerprint density at radius 3 is 2.81 bits per heavy atom. The smallest absolute Gasteiger partial charge is 0.271 e. The molecule has 0 aliphatic carbocycles. The van der Waals surface area contributed by atoms with Crippen LogP contribution in [0.25, 0.3) is 11.0 Å². The second kappa shape index (κ2) is 7.65. The van der Waals surface area contributed by atoms with Gasteiger partial charge in [0.2, 0.25) is 5.43 Å². The lowest BCUT2D eigenvalue weighted by atomic mass is 10.2. The molecule has 0 spiro atoms. The van der Waals surface area contributed by atoms with Crippen molar-refractivity contribution >= 4 is 23.1 Å². The molecule has 0 bridgehead atoms. The van der Waals surface area contributed by atoms with E-state index in [-0.39, 0.29) is 17.1 Å². The molecule has 0 aliphatic heterocycles. The van der Waals surface area contributed by atoms with Crippen molar-refractivity contribution in [2.75, 3.05) is 0 Å². The largest absolute Gasteiger partial charge is 0.491 e. The predicted molar refractivity (Wildman–Crippen MR) is 99.8 cm³/mol. The van der Waals surface area contributed by atoms with Gasteiger partial charge in [0, 0.05) is 5.56 Å². The Bertz CT molecular complexity index is 1020. The zero-order chi connectivity index (χ0) is 18.5. The molecule has 26 heavy (non-hydrogen) atoms. The molecular weight excluding hydrogens is 332 g/mol. The van der Waals surface area contributed by atoms with Gasteiger partial charge in [0.25, 0.3) is 5.91 Å². The van der Waals surface area contributed by atoms with Gasteiger partial charge in [0.15, 0.2) is 0 Å². The summed E-state index contributed by atoms with van der Waals surface area (Å²) in [7, 11) is 0. The summed E-state index contributed by atoms with van der Waals surface area (Å²) in [6.07, 6.45) is 2.60. The van der Waals surface area contributed by atoms with Gasteiger partial charge < -0.3 is 9.15 Å². The van der Waals surface area contributed by atoms with Crippen molar-refractivity contribution in [3.8, 4) is 5.75 Å². The van der Waals surface area contributed by atoms with Gasteiger partial charge in [-0.05, 0) is 44.2 Å². The highest BCUT2D eigenvalue weighted by Crippen LogP contribution is 2.15. The average molecular weight is 350 g/mol. The molecule has 1 N–H and O–H groups in total. The molecule has 6 nitrogen and oxygen atoms in total. The van der Waals surface area contributed by atoms with Gasteiger partial charge in [-0.2, -0.15) is 5.10 Å². The molecule has 132 valence electrons. The third kappa shape index (κ3) is 3.97. The van der Waals surface area contributed by atoms with Crippen molar-refractivity contribution in [2.24, 2.45) is 5.10 Å². The first-order chi connectivity index (χ1) is 12.5. The molecule has 1 amide bonds. The van der Waals surface area contributed by atoms with E-state index in [0.717, 1.165) is 0 Å². The molecule has 0 aliphatic rings. The van der Waals surface area contributed by atoms with Gasteiger partial charge in [-0.3, -0.25) is 9.59 Å². The van der Waals surface area contributed by atoms with Crippen LogP contribution in [0.5, 0.6) is 5.75 Å². The van der Waals surface area contributed by atoms with Crippen LogP contribution in [0.4, 0.5) is 0 Å². The standard InChI is InChI=1S/C20H18N2O4/c1-13(2)26-16-7-5-6-14(10-16)20(24)22-21-11-15-12-25-18-9-4-3-8-17(18)19(15)23/h3-13H,1-2H3,(H,22,24). The molecule has 6 heteroatoms. The molecule has 1 heterocycles. The van der Waals surface area contributed by atoms with Crippen LogP contribution in [-0.2, 0) is 0 Å². The molecule has 0 radical (unpaired) electrons. The summed E-state index contributed by atoms with van der Waals surface area (Å²) >= 11 is 0. The number of para-hydroxylation sites is 1. The number of nitrogens with one attached hydrogen (secondary N) is 1. The average Bonchev–Trinajstić information content (AvgIpc) is 2.63. The molecular formula is C20H18N2O4. The monoisotopic (exact) mass is 350 g/mol. The van der Waals surface area contributed by atoms with Gasteiger partial charge >= 0.3 is 0 Å². The summed E-state index contributed by atoms with van der Waals surface area (Å²) in [5, 5.41) is 4.31. The second-order valence-electron chi connectivity index (χ2n) is 5.91. The zero-order valence-electron chi connectivity index (χ0n) is 14.4. The van der Waals surface area contributed by atoms with Crippen LogP contribution in [0.1, 0.15) is 29.8 Å². The van der Waals surface area contributed by atoms with E-state index in [2.05, 4.69) is 10.5 Å². The second-order valence-corrected chi connectivity index (χ2v) is 5.91. The maximum absolute atomic E-state index is 12.3. The Labute approximate surface area is 150 Å². The number of hydrazone groups is 1. The molecule has 1 aromatic heterocycles. The maximum atomic E-state index is 12.3. The van der Waals surface area contributed by atoms with E-state index in [1.54, 1.807) is 48.5 Å². The van der Waals surface area contributed by atoms with E-state index in [4.69, 9.17) is 9.15 Å². The number of carbonyl (C=O) groups is 1. The van der Waals surface area contributed by atoms with Crippen LogP contribution >= 0.6 is 0 Å². The summed E-state index contributed by atoms with van der Waals surface area (Å²) in [6, 6.07) is 13.7. The fourth-order valence-corrected chi connectivity index (χ4v) is 2.39. The zero-order valence-corrected chi connectivity index (χ0v) is 14.4. The van der Waals surface area contributed by atoms with Crippen molar-refractivity contribution in [1.29, 1.82) is 0 Å². The van der Waals surface area contributed by atoms with E-state index in [9.17, 15) is 9.59 Å². The maximum Gasteiger partial charge on any atom is 0.271 e. The van der Waals surface area contributed by atoms with E-state index in [0.29, 0.717) is 22.3 Å². The van der Waals surface area contributed by atoms with E-state index in [1.807, 2.05) is 13.8 Å². The lowest BCUT2D eigenvalue weighted by Gasteiger charge is -2.10. The molecule has 0 atom stereocenters. The first kappa shape index (κ1) is 17.4. The lowest BCUT2D eigenvalue weighted by molar-refractivity contribution is 0.0954. The minimum absolute atomic E-state index is 0.0125. The number of fused-ring (bicyclic) bond motifs is 1. The third-order valence-electron chi connectivity index (χ3n) is 3.54. The summed E-state index contributed by atoms with van der Waals surface area (Å²) in [5.41, 5.74) is 3.35. The highest BCUT2D eigenvalue weighted by atomic mass is 16.5. The highest BCUT2D eigenvalue weighted by Gasteiger charge is 2.07. The molecule has 3 aromatic rings. The first-order valence-corrected chi connectivity index (χ1v) is 8.15. The van der Waals surface area contributed by atoms with E-state index >= 15 is 0 Å². The fourth-order valence-electron chi connectivity index (χ4n) is 2.39. The van der Waals surface area contributed by atoms with Crippen LogP contribution in [0.2, 0.25) is 0 Å². The van der Waals surface area contributed by atoms with Crippen LogP contribution < -0.4 is 15.6 Å². The Morgan fingerprint density at radius 2 is 2.00 bits per heavy atom. The number of benzene rings is 2. The molecule has 0 saturated heterocycles. The normalized spacial score (nSPS) is 11.2. The van der Waals surface area contributed by atoms with Crippen LogP contribution in [-0.4, -0.2) is 18.2 Å². The molecule has 0 unspecified atom stereocenters. The first-order valence-electron chi connectivity index (χ1n) is 8.15. The molecule has 3 rings (SSSR count). The van der Waals surface area contributed by atoms with Gasteiger partial charge in [0.05, 0.1) is 23.3 Å². The van der Waals surface area contributed by atoms with E-state index < -0.39 is 5.91 Å². The molecule has 0 saturated carbocycles. The highest BCUT2D eigenvalue weighted by molar-refractivity contribution is 5.95. The fraction of sp³-hybridized carbons (Fsp3) is 0.150. The van der Waals surface area contributed by atoms with Crippen LogP contribution in [0, 0.1) is 0 Å². The SMILES string of the molecule is CC(C)Oc1cccc(C(=O)NN=Cc2coc3ccccc3c2=O)c1. The van der Waals surface area contributed by atoms with Crippen LogP contribution in [0.15, 0.2) is 69.1 Å². The summed E-state index contributed by atoms with van der Waals surface area (Å²) in [4.78, 5) is 24.5. The van der Waals surface area contributed by atoms with Crippen molar-refractivity contribution in [3.05, 3.63) is 76.1 Å².